The van der Waals surface area contributed by atoms with Crippen molar-refractivity contribution in [2.45, 2.75) is 168 Å². The molecule has 0 bridgehead atoms. The molecule has 0 aliphatic carbocycles. The van der Waals surface area contributed by atoms with Crippen LogP contribution in [-0.4, -0.2) is 47.6 Å². The molecule has 0 saturated heterocycles. The number of esters is 2. The van der Waals surface area contributed by atoms with Gasteiger partial charge in [0.25, 0.3) is 0 Å². The number of rotatable bonds is 33. The van der Waals surface area contributed by atoms with E-state index in [1.54, 1.807) is 6.08 Å². The zero-order valence-electron chi connectivity index (χ0n) is 31.5. The monoisotopic (exact) mass is 685 g/mol. The molecule has 0 radical (unpaired) electrons. The molecule has 6 heteroatoms. The SMILES string of the molecule is CC/C=C\C/C=C\C/C=C\C/C=C\C=C/C(O)C/C=C\CCC(=O)OC[C@H](CO)OC(=O)CCCCCCCCCCCCCCC(C)C. The van der Waals surface area contributed by atoms with Crippen molar-refractivity contribution in [2.75, 3.05) is 13.2 Å². The standard InChI is InChI=1S/C43H72O6/c1-4-5-6-7-8-9-10-11-15-18-21-24-28-33-40(45)34-29-26-31-35-42(46)48-38-41(37-44)49-43(47)36-30-25-22-19-16-13-12-14-17-20-23-27-32-39(2)3/h5-6,8-9,11,15,21,24,26,28-29,33,39-41,44-45H,4,7,10,12-14,16-20,22-23,25,27,30-32,34-38H2,1-3H3/b6-5-,9-8-,15-11-,24-21-,29-26-,33-28-/t40?,41-/m0/s1. The topological polar surface area (TPSA) is 93.1 Å². The number of hydrogen-bond donors (Lipinski definition) is 2. The van der Waals surface area contributed by atoms with Gasteiger partial charge in [-0.3, -0.25) is 9.59 Å². The minimum absolute atomic E-state index is 0.149. The van der Waals surface area contributed by atoms with E-state index in [0.717, 1.165) is 50.9 Å². The van der Waals surface area contributed by atoms with E-state index in [0.29, 0.717) is 19.3 Å². The lowest BCUT2D eigenvalue weighted by atomic mass is 10.0. The molecule has 0 aromatic rings. The Morgan fingerprint density at radius 3 is 1.76 bits per heavy atom. The van der Waals surface area contributed by atoms with Crippen LogP contribution in [0.3, 0.4) is 0 Å². The largest absolute Gasteiger partial charge is 0.462 e. The molecule has 0 spiro atoms. The van der Waals surface area contributed by atoms with E-state index in [1.165, 1.54) is 64.2 Å². The second kappa shape index (κ2) is 36.6. The smallest absolute Gasteiger partial charge is 0.306 e. The highest BCUT2D eigenvalue weighted by molar-refractivity contribution is 5.70. The molecule has 0 heterocycles. The average Bonchev–Trinajstić information content (AvgIpc) is 3.08. The number of hydrogen-bond acceptors (Lipinski definition) is 6. The van der Waals surface area contributed by atoms with Gasteiger partial charge in [0.2, 0.25) is 0 Å². The zero-order chi connectivity index (χ0) is 36.0. The van der Waals surface area contributed by atoms with Gasteiger partial charge in [-0.1, -0.05) is 171 Å². The Hall–Kier alpha value is -2.70. The third kappa shape index (κ3) is 36.4. The van der Waals surface area contributed by atoms with Crippen molar-refractivity contribution in [1.29, 1.82) is 0 Å². The first-order valence-corrected chi connectivity index (χ1v) is 19.5. The van der Waals surface area contributed by atoms with E-state index >= 15 is 0 Å². The van der Waals surface area contributed by atoms with E-state index in [-0.39, 0.29) is 25.6 Å². The summed E-state index contributed by atoms with van der Waals surface area (Å²) >= 11 is 0. The fraction of sp³-hybridized carbons (Fsp3) is 0.674. The van der Waals surface area contributed by atoms with Crippen LogP contribution in [0.1, 0.15) is 156 Å². The van der Waals surface area contributed by atoms with Crippen LogP contribution in [0.4, 0.5) is 0 Å². The third-order valence-corrected chi connectivity index (χ3v) is 8.04. The molecule has 6 nitrogen and oxygen atoms in total. The molecule has 0 saturated carbocycles. The first kappa shape index (κ1) is 46.3. The van der Waals surface area contributed by atoms with Crippen molar-refractivity contribution in [3.8, 4) is 0 Å². The van der Waals surface area contributed by atoms with Gasteiger partial charge < -0.3 is 19.7 Å². The van der Waals surface area contributed by atoms with Crippen LogP contribution in [0.2, 0.25) is 0 Å². The van der Waals surface area contributed by atoms with Gasteiger partial charge in [-0.05, 0) is 50.9 Å². The van der Waals surface area contributed by atoms with Crippen molar-refractivity contribution in [2.24, 2.45) is 5.92 Å². The molecule has 0 aromatic carbocycles. The molecular formula is C43H72O6. The Balaban J connectivity index is 3.81. The number of allylic oxidation sites excluding steroid dienone is 10. The van der Waals surface area contributed by atoms with Gasteiger partial charge in [-0.2, -0.15) is 0 Å². The van der Waals surface area contributed by atoms with Gasteiger partial charge >= 0.3 is 11.9 Å². The lowest BCUT2D eigenvalue weighted by Gasteiger charge is -2.15. The van der Waals surface area contributed by atoms with Crippen molar-refractivity contribution in [3.63, 3.8) is 0 Å². The fourth-order valence-corrected chi connectivity index (χ4v) is 5.08. The lowest BCUT2D eigenvalue weighted by molar-refractivity contribution is -0.161. The quantitative estimate of drug-likeness (QED) is 0.0309. The molecule has 2 atom stereocenters. The molecule has 1 unspecified atom stereocenters. The molecular weight excluding hydrogens is 612 g/mol. The number of carbonyl (C=O) groups is 2. The average molecular weight is 685 g/mol. The Labute approximate surface area is 300 Å². The number of unbranched alkanes of at least 4 members (excludes halogenated alkanes) is 11. The van der Waals surface area contributed by atoms with E-state index in [1.807, 2.05) is 30.4 Å². The van der Waals surface area contributed by atoms with E-state index in [2.05, 4.69) is 57.2 Å². The third-order valence-electron chi connectivity index (χ3n) is 8.04. The molecule has 0 fully saturated rings. The molecule has 0 amide bonds. The summed E-state index contributed by atoms with van der Waals surface area (Å²) in [5.74, 6) is 0.0520. The summed E-state index contributed by atoms with van der Waals surface area (Å²) in [7, 11) is 0. The minimum atomic E-state index is -0.839. The van der Waals surface area contributed by atoms with Gasteiger partial charge in [0.05, 0.1) is 12.7 Å². The van der Waals surface area contributed by atoms with E-state index < -0.39 is 18.2 Å². The zero-order valence-corrected chi connectivity index (χ0v) is 31.5. The van der Waals surface area contributed by atoms with Crippen LogP contribution in [0, 0.1) is 5.92 Å². The van der Waals surface area contributed by atoms with Gasteiger partial charge in [0.15, 0.2) is 6.10 Å². The predicted molar refractivity (Wildman–Crippen MR) is 206 cm³/mol. The highest BCUT2D eigenvalue weighted by Gasteiger charge is 2.16. The van der Waals surface area contributed by atoms with Crippen molar-refractivity contribution >= 4 is 11.9 Å². The molecule has 280 valence electrons. The predicted octanol–water partition coefficient (Wildman–Crippen LogP) is 11.0. The Morgan fingerprint density at radius 2 is 1.18 bits per heavy atom. The summed E-state index contributed by atoms with van der Waals surface area (Å²) < 4.78 is 10.5. The van der Waals surface area contributed by atoms with E-state index in [9.17, 15) is 19.8 Å². The second-order valence-electron chi connectivity index (χ2n) is 13.3. The summed E-state index contributed by atoms with van der Waals surface area (Å²) in [5, 5.41) is 19.6. The number of aliphatic hydroxyl groups excluding tert-OH is 2. The Morgan fingerprint density at radius 1 is 0.633 bits per heavy atom. The first-order valence-electron chi connectivity index (χ1n) is 19.5. The first-order chi connectivity index (χ1) is 23.9. The summed E-state index contributed by atoms with van der Waals surface area (Å²) in [5.41, 5.74) is 0. The minimum Gasteiger partial charge on any atom is -0.462 e. The van der Waals surface area contributed by atoms with Crippen LogP contribution in [0.25, 0.3) is 0 Å². The second-order valence-corrected chi connectivity index (χ2v) is 13.3. The number of ether oxygens (including phenoxy) is 2. The molecule has 2 N–H and O–H groups in total. The van der Waals surface area contributed by atoms with Crippen LogP contribution in [0.15, 0.2) is 72.9 Å². The summed E-state index contributed by atoms with van der Waals surface area (Å²) in [6.45, 7) is 6.19. The van der Waals surface area contributed by atoms with Crippen molar-refractivity contribution < 1.29 is 29.3 Å². The van der Waals surface area contributed by atoms with Crippen LogP contribution < -0.4 is 0 Å². The molecule has 0 aliphatic rings. The number of carbonyl (C=O) groups excluding carboxylic acids is 2. The summed E-state index contributed by atoms with van der Waals surface area (Å²) in [6, 6.07) is 0. The maximum absolute atomic E-state index is 12.2. The lowest BCUT2D eigenvalue weighted by Crippen LogP contribution is -2.28. The Kier molecular flexibility index (Phi) is 34.6. The van der Waals surface area contributed by atoms with Crippen LogP contribution in [-0.2, 0) is 19.1 Å². The summed E-state index contributed by atoms with van der Waals surface area (Å²) in [4.78, 5) is 24.2. The summed E-state index contributed by atoms with van der Waals surface area (Å²) in [6.07, 6.45) is 44.2. The Bertz CT molecular complexity index is 942. The van der Waals surface area contributed by atoms with Crippen LogP contribution in [0.5, 0.6) is 0 Å². The number of aliphatic hydroxyl groups is 2. The highest BCUT2D eigenvalue weighted by Crippen LogP contribution is 2.15. The maximum Gasteiger partial charge on any atom is 0.306 e. The van der Waals surface area contributed by atoms with E-state index in [4.69, 9.17) is 9.47 Å². The van der Waals surface area contributed by atoms with Gasteiger partial charge in [0, 0.05) is 12.8 Å². The van der Waals surface area contributed by atoms with Gasteiger partial charge in [-0.25, -0.2) is 0 Å². The molecule has 0 aliphatic heterocycles. The normalized spacial score (nSPS) is 13.8. The highest BCUT2D eigenvalue weighted by atomic mass is 16.6. The van der Waals surface area contributed by atoms with Crippen molar-refractivity contribution in [3.05, 3.63) is 72.9 Å². The molecule has 0 rings (SSSR count). The van der Waals surface area contributed by atoms with Gasteiger partial charge in [-0.15, -0.1) is 0 Å². The fourth-order valence-electron chi connectivity index (χ4n) is 5.08. The van der Waals surface area contributed by atoms with Gasteiger partial charge in [0.1, 0.15) is 6.61 Å². The van der Waals surface area contributed by atoms with Crippen LogP contribution >= 0.6 is 0 Å². The maximum atomic E-state index is 12.2. The molecule has 0 aromatic heterocycles. The molecule has 49 heavy (non-hydrogen) atoms. The van der Waals surface area contributed by atoms with Crippen molar-refractivity contribution in [1.82, 2.24) is 0 Å².